The number of aromatic nitrogens is 1. The molecular formula is C14H18BrNO2. The average molecular weight is 312 g/mol. The minimum atomic E-state index is -0.668. The van der Waals surface area contributed by atoms with Gasteiger partial charge in [0.2, 0.25) is 0 Å². The SMILES string of the molecule is CC1CCCC(Cc2ccc(Br)cn2)(C(=O)O)C1. The molecule has 1 saturated carbocycles. The number of carbonyl (C=O) groups is 1. The molecular weight excluding hydrogens is 294 g/mol. The predicted octanol–water partition coefficient (Wildman–Crippen LogP) is 3.67. The number of rotatable bonds is 3. The van der Waals surface area contributed by atoms with Crippen molar-refractivity contribution in [3.05, 3.63) is 28.5 Å². The zero-order chi connectivity index (χ0) is 13.2. The normalized spacial score (nSPS) is 28.0. The van der Waals surface area contributed by atoms with E-state index in [-0.39, 0.29) is 0 Å². The fourth-order valence-corrected chi connectivity index (χ4v) is 3.18. The van der Waals surface area contributed by atoms with E-state index in [1.54, 1.807) is 6.20 Å². The molecule has 1 fully saturated rings. The van der Waals surface area contributed by atoms with E-state index in [1.807, 2.05) is 12.1 Å². The molecule has 1 N–H and O–H groups in total. The standard InChI is InChI=1S/C14H18BrNO2/c1-10-3-2-6-14(7-10,13(17)18)8-12-5-4-11(15)9-16-12/h4-5,9-10H,2-3,6-8H2,1H3,(H,17,18). The molecule has 0 bridgehead atoms. The van der Waals surface area contributed by atoms with Crippen molar-refractivity contribution in [2.45, 2.75) is 39.0 Å². The van der Waals surface area contributed by atoms with Crippen molar-refractivity contribution in [3.63, 3.8) is 0 Å². The van der Waals surface area contributed by atoms with Crippen molar-refractivity contribution in [3.8, 4) is 0 Å². The Balaban J connectivity index is 2.20. The highest BCUT2D eigenvalue weighted by Gasteiger charge is 2.42. The maximum atomic E-state index is 11.7. The quantitative estimate of drug-likeness (QED) is 0.926. The van der Waals surface area contributed by atoms with Crippen LogP contribution < -0.4 is 0 Å². The van der Waals surface area contributed by atoms with Gasteiger partial charge in [-0.15, -0.1) is 0 Å². The number of hydrogen-bond acceptors (Lipinski definition) is 2. The third-order valence-electron chi connectivity index (χ3n) is 3.85. The number of nitrogens with zero attached hydrogens (tertiary/aromatic N) is 1. The summed E-state index contributed by atoms with van der Waals surface area (Å²) in [6.45, 7) is 2.14. The maximum Gasteiger partial charge on any atom is 0.310 e. The smallest absolute Gasteiger partial charge is 0.310 e. The van der Waals surface area contributed by atoms with Crippen molar-refractivity contribution in [2.24, 2.45) is 11.3 Å². The molecule has 1 aliphatic rings. The van der Waals surface area contributed by atoms with Crippen molar-refractivity contribution in [1.29, 1.82) is 0 Å². The Morgan fingerprint density at radius 3 is 2.94 bits per heavy atom. The third-order valence-corrected chi connectivity index (χ3v) is 4.32. The lowest BCUT2D eigenvalue weighted by atomic mass is 9.67. The first-order valence-corrected chi connectivity index (χ1v) is 7.15. The van der Waals surface area contributed by atoms with Crippen LogP contribution in [0.3, 0.4) is 0 Å². The van der Waals surface area contributed by atoms with Crippen LogP contribution in [0.4, 0.5) is 0 Å². The average Bonchev–Trinajstić information content (AvgIpc) is 2.32. The molecule has 0 amide bonds. The van der Waals surface area contributed by atoms with E-state index in [0.717, 1.165) is 35.8 Å². The van der Waals surface area contributed by atoms with Gasteiger partial charge in [0.1, 0.15) is 0 Å². The molecule has 2 rings (SSSR count). The molecule has 0 saturated heterocycles. The van der Waals surface area contributed by atoms with E-state index in [4.69, 9.17) is 0 Å². The van der Waals surface area contributed by atoms with Crippen LogP contribution >= 0.6 is 15.9 Å². The first kappa shape index (κ1) is 13.5. The first-order valence-electron chi connectivity index (χ1n) is 6.36. The lowest BCUT2D eigenvalue weighted by Gasteiger charge is -2.36. The lowest BCUT2D eigenvalue weighted by molar-refractivity contribution is -0.152. The molecule has 1 aromatic rings. The second-order valence-electron chi connectivity index (χ2n) is 5.43. The molecule has 1 aromatic heterocycles. The maximum absolute atomic E-state index is 11.7. The monoisotopic (exact) mass is 311 g/mol. The molecule has 3 nitrogen and oxygen atoms in total. The van der Waals surface area contributed by atoms with E-state index in [0.29, 0.717) is 12.3 Å². The van der Waals surface area contributed by atoms with E-state index < -0.39 is 11.4 Å². The van der Waals surface area contributed by atoms with Gasteiger partial charge in [0, 0.05) is 22.8 Å². The van der Waals surface area contributed by atoms with E-state index in [9.17, 15) is 9.90 Å². The molecule has 4 heteroatoms. The Hall–Kier alpha value is -0.900. The number of aliphatic carboxylic acids is 1. The summed E-state index contributed by atoms with van der Waals surface area (Å²) in [5, 5.41) is 9.59. The molecule has 2 atom stereocenters. The van der Waals surface area contributed by atoms with Crippen LogP contribution in [0, 0.1) is 11.3 Å². The number of halogens is 1. The largest absolute Gasteiger partial charge is 0.481 e. The summed E-state index contributed by atoms with van der Waals surface area (Å²) in [4.78, 5) is 16.0. The van der Waals surface area contributed by atoms with Gasteiger partial charge in [0.15, 0.2) is 0 Å². The molecule has 0 aliphatic heterocycles. The molecule has 98 valence electrons. The highest BCUT2D eigenvalue weighted by molar-refractivity contribution is 9.10. The Morgan fingerprint density at radius 2 is 2.39 bits per heavy atom. The van der Waals surface area contributed by atoms with Crippen LogP contribution in [0.15, 0.2) is 22.8 Å². The summed E-state index contributed by atoms with van der Waals surface area (Å²) in [6.07, 6.45) is 5.95. The molecule has 0 spiro atoms. The Labute approximate surface area is 116 Å². The van der Waals surface area contributed by atoms with Gasteiger partial charge in [-0.05, 0) is 46.8 Å². The summed E-state index contributed by atoms with van der Waals surface area (Å²) < 4.78 is 0.924. The van der Waals surface area contributed by atoms with Gasteiger partial charge in [-0.1, -0.05) is 19.8 Å². The Morgan fingerprint density at radius 1 is 1.61 bits per heavy atom. The van der Waals surface area contributed by atoms with Crippen LogP contribution in [-0.4, -0.2) is 16.1 Å². The highest BCUT2D eigenvalue weighted by atomic mass is 79.9. The van der Waals surface area contributed by atoms with Gasteiger partial charge in [0.05, 0.1) is 5.41 Å². The minimum absolute atomic E-state index is 0.491. The van der Waals surface area contributed by atoms with Crippen molar-refractivity contribution in [1.82, 2.24) is 4.98 Å². The number of carboxylic acid groups (broad SMARTS) is 1. The Bertz CT molecular complexity index is 432. The Kier molecular flexibility index (Phi) is 4.05. The summed E-state index contributed by atoms with van der Waals surface area (Å²) >= 11 is 3.34. The number of hydrogen-bond donors (Lipinski definition) is 1. The fourth-order valence-electron chi connectivity index (χ4n) is 2.95. The number of pyridine rings is 1. The van der Waals surface area contributed by atoms with Crippen LogP contribution in [-0.2, 0) is 11.2 Å². The van der Waals surface area contributed by atoms with Crippen LogP contribution in [0.5, 0.6) is 0 Å². The molecule has 1 aliphatic carbocycles. The van der Waals surface area contributed by atoms with Crippen LogP contribution in [0.2, 0.25) is 0 Å². The van der Waals surface area contributed by atoms with Gasteiger partial charge < -0.3 is 5.11 Å². The van der Waals surface area contributed by atoms with Crippen LogP contribution in [0.1, 0.15) is 38.3 Å². The molecule has 18 heavy (non-hydrogen) atoms. The van der Waals surface area contributed by atoms with E-state index in [1.165, 1.54) is 0 Å². The van der Waals surface area contributed by atoms with Gasteiger partial charge in [-0.2, -0.15) is 0 Å². The second kappa shape index (κ2) is 5.39. The van der Waals surface area contributed by atoms with Crippen molar-refractivity contribution in [2.75, 3.05) is 0 Å². The predicted molar refractivity (Wildman–Crippen MR) is 73.3 cm³/mol. The zero-order valence-corrected chi connectivity index (χ0v) is 12.1. The lowest BCUT2D eigenvalue weighted by Crippen LogP contribution is -2.38. The van der Waals surface area contributed by atoms with Gasteiger partial charge in [-0.25, -0.2) is 0 Å². The minimum Gasteiger partial charge on any atom is -0.481 e. The summed E-state index contributed by atoms with van der Waals surface area (Å²) in [5.41, 5.74) is 0.257. The molecule has 2 unspecified atom stereocenters. The van der Waals surface area contributed by atoms with Gasteiger partial charge >= 0.3 is 5.97 Å². The summed E-state index contributed by atoms with van der Waals surface area (Å²) in [6, 6.07) is 3.83. The van der Waals surface area contributed by atoms with Gasteiger partial charge in [-0.3, -0.25) is 9.78 Å². The van der Waals surface area contributed by atoms with E-state index >= 15 is 0 Å². The molecule has 0 aromatic carbocycles. The van der Waals surface area contributed by atoms with Crippen LogP contribution in [0.25, 0.3) is 0 Å². The zero-order valence-electron chi connectivity index (χ0n) is 10.5. The molecule has 0 radical (unpaired) electrons. The topological polar surface area (TPSA) is 50.2 Å². The summed E-state index contributed by atoms with van der Waals surface area (Å²) in [5.74, 6) is -0.177. The van der Waals surface area contributed by atoms with Crippen molar-refractivity contribution >= 4 is 21.9 Å². The second-order valence-corrected chi connectivity index (χ2v) is 6.35. The fraction of sp³-hybridized carbons (Fsp3) is 0.571. The van der Waals surface area contributed by atoms with Gasteiger partial charge in [0.25, 0.3) is 0 Å². The highest BCUT2D eigenvalue weighted by Crippen LogP contribution is 2.41. The van der Waals surface area contributed by atoms with Crippen molar-refractivity contribution < 1.29 is 9.90 Å². The first-order chi connectivity index (χ1) is 8.52. The number of carboxylic acids is 1. The summed E-state index contributed by atoms with van der Waals surface area (Å²) in [7, 11) is 0. The third kappa shape index (κ3) is 2.91. The molecule has 1 heterocycles. The van der Waals surface area contributed by atoms with E-state index in [2.05, 4.69) is 27.8 Å².